The number of carbonyl (C=O) groups is 1. The molecule has 0 saturated heterocycles. The Labute approximate surface area is 94.1 Å². The molecule has 3 heteroatoms. The highest BCUT2D eigenvalue weighted by Crippen LogP contribution is 2.24. The summed E-state index contributed by atoms with van der Waals surface area (Å²) in [7, 11) is 0. The van der Waals surface area contributed by atoms with Crippen molar-refractivity contribution in [2.75, 3.05) is 0 Å². The molecule has 0 amide bonds. The molecule has 1 atom stereocenters. The molecular weight excluding hydrogens is 200 g/mol. The second-order valence-corrected chi connectivity index (χ2v) is 4.44. The van der Waals surface area contributed by atoms with E-state index in [9.17, 15) is 4.79 Å². The second-order valence-electron chi connectivity index (χ2n) is 4.44. The van der Waals surface area contributed by atoms with Crippen LogP contribution in [0.4, 0.5) is 0 Å². The third kappa shape index (κ3) is 1.52. The van der Waals surface area contributed by atoms with E-state index in [1.807, 2.05) is 24.5 Å². The number of nitrogens with zero attached hydrogens (tertiary/aromatic N) is 2. The van der Waals surface area contributed by atoms with E-state index in [1.165, 1.54) is 0 Å². The van der Waals surface area contributed by atoms with Gasteiger partial charge in [0, 0.05) is 18.9 Å². The molecule has 1 heterocycles. The Hall–Kier alpha value is -1.64. The first-order valence-corrected chi connectivity index (χ1v) is 5.77. The third-order valence-corrected chi connectivity index (χ3v) is 3.38. The number of imidazole rings is 1. The summed E-state index contributed by atoms with van der Waals surface area (Å²) in [6, 6.07) is 8.06. The van der Waals surface area contributed by atoms with E-state index in [0.29, 0.717) is 5.78 Å². The van der Waals surface area contributed by atoms with E-state index >= 15 is 0 Å². The number of benzene rings is 1. The molecule has 1 aromatic carbocycles. The van der Waals surface area contributed by atoms with Crippen LogP contribution in [0.5, 0.6) is 0 Å². The SMILES string of the molecule is O=C1CCCC1Cn1cnc2ccccc21. The van der Waals surface area contributed by atoms with Crippen molar-refractivity contribution >= 4 is 16.8 Å². The van der Waals surface area contributed by atoms with Gasteiger partial charge in [-0.1, -0.05) is 12.1 Å². The molecule has 1 aromatic heterocycles. The largest absolute Gasteiger partial charge is 0.330 e. The minimum Gasteiger partial charge on any atom is -0.330 e. The number of para-hydroxylation sites is 2. The van der Waals surface area contributed by atoms with Gasteiger partial charge in [-0.15, -0.1) is 0 Å². The van der Waals surface area contributed by atoms with Gasteiger partial charge in [0.05, 0.1) is 17.4 Å². The Kier molecular flexibility index (Phi) is 2.24. The molecule has 1 saturated carbocycles. The average molecular weight is 214 g/mol. The molecule has 82 valence electrons. The van der Waals surface area contributed by atoms with Gasteiger partial charge in [-0.05, 0) is 25.0 Å². The topological polar surface area (TPSA) is 34.9 Å². The molecule has 0 bridgehead atoms. The minimum absolute atomic E-state index is 0.206. The predicted octanol–water partition coefficient (Wildman–Crippen LogP) is 2.41. The molecule has 16 heavy (non-hydrogen) atoms. The monoisotopic (exact) mass is 214 g/mol. The molecule has 0 radical (unpaired) electrons. The van der Waals surface area contributed by atoms with Crippen LogP contribution >= 0.6 is 0 Å². The number of aromatic nitrogens is 2. The molecule has 0 aliphatic heterocycles. The fourth-order valence-corrected chi connectivity index (χ4v) is 2.47. The number of rotatable bonds is 2. The Morgan fingerprint density at radius 2 is 2.25 bits per heavy atom. The lowest BCUT2D eigenvalue weighted by Crippen LogP contribution is -2.13. The number of ketones is 1. The maximum absolute atomic E-state index is 11.6. The van der Waals surface area contributed by atoms with Crippen molar-refractivity contribution in [3.05, 3.63) is 30.6 Å². The van der Waals surface area contributed by atoms with E-state index in [1.54, 1.807) is 0 Å². The van der Waals surface area contributed by atoms with E-state index in [-0.39, 0.29) is 5.92 Å². The van der Waals surface area contributed by atoms with E-state index in [2.05, 4.69) is 15.6 Å². The van der Waals surface area contributed by atoms with E-state index in [4.69, 9.17) is 0 Å². The fraction of sp³-hybridized carbons (Fsp3) is 0.385. The number of Topliss-reactive ketones (excluding diaryl/α,β-unsaturated/α-hetero) is 1. The van der Waals surface area contributed by atoms with Gasteiger partial charge in [0.25, 0.3) is 0 Å². The molecule has 1 aliphatic carbocycles. The molecular formula is C13H14N2O. The molecule has 1 fully saturated rings. The number of fused-ring (bicyclic) bond motifs is 1. The Bertz CT molecular complexity index is 529. The van der Waals surface area contributed by atoms with Crippen molar-refractivity contribution in [1.29, 1.82) is 0 Å². The van der Waals surface area contributed by atoms with E-state index < -0.39 is 0 Å². The molecule has 3 rings (SSSR count). The summed E-state index contributed by atoms with van der Waals surface area (Å²) in [6.45, 7) is 0.791. The number of carbonyl (C=O) groups excluding carboxylic acids is 1. The quantitative estimate of drug-likeness (QED) is 0.769. The van der Waals surface area contributed by atoms with Crippen LogP contribution in [0.1, 0.15) is 19.3 Å². The van der Waals surface area contributed by atoms with Gasteiger partial charge in [0.2, 0.25) is 0 Å². The molecule has 1 unspecified atom stereocenters. The highest BCUT2D eigenvalue weighted by Gasteiger charge is 2.24. The highest BCUT2D eigenvalue weighted by atomic mass is 16.1. The summed E-state index contributed by atoms with van der Waals surface area (Å²) >= 11 is 0. The van der Waals surface area contributed by atoms with Crippen molar-refractivity contribution in [2.24, 2.45) is 5.92 Å². The van der Waals surface area contributed by atoms with Gasteiger partial charge in [-0.3, -0.25) is 4.79 Å². The van der Waals surface area contributed by atoms with E-state index in [0.717, 1.165) is 36.8 Å². The smallest absolute Gasteiger partial charge is 0.137 e. The lowest BCUT2D eigenvalue weighted by Gasteiger charge is -2.09. The molecule has 2 aromatic rings. The Morgan fingerprint density at radius 1 is 1.38 bits per heavy atom. The molecule has 3 nitrogen and oxygen atoms in total. The lowest BCUT2D eigenvalue weighted by molar-refractivity contribution is -0.120. The van der Waals surface area contributed by atoms with Crippen LogP contribution in [-0.2, 0) is 11.3 Å². The van der Waals surface area contributed by atoms with Crippen LogP contribution in [0.25, 0.3) is 11.0 Å². The Balaban J connectivity index is 1.92. The minimum atomic E-state index is 0.206. The highest BCUT2D eigenvalue weighted by molar-refractivity contribution is 5.83. The summed E-state index contributed by atoms with van der Waals surface area (Å²) in [5.74, 6) is 0.621. The van der Waals surface area contributed by atoms with Gasteiger partial charge < -0.3 is 4.57 Å². The lowest BCUT2D eigenvalue weighted by atomic mass is 10.1. The van der Waals surface area contributed by atoms with Crippen molar-refractivity contribution in [1.82, 2.24) is 9.55 Å². The third-order valence-electron chi connectivity index (χ3n) is 3.38. The normalized spacial score (nSPS) is 20.8. The maximum atomic E-state index is 11.6. The summed E-state index contributed by atoms with van der Waals surface area (Å²) in [5.41, 5.74) is 2.13. The van der Waals surface area contributed by atoms with Crippen LogP contribution in [0.15, 0.2) is 30.6 Å². The number of hydrogen-bond donors (Lipinski definition) is 0. The van der Waals surface area contributed by atoms with Crippen LogP contribution in [-0.4, -0.2) is 15.3 Å². The van der Waals surface area contributed by atoms with Gasteiger partial charge in [-0.2, -0.15) is 0 Å². The standard InChI is InChI=1S/C13H14N2O/c16-13-7-3-4-10(13)8-15-9-14-11-5-1-2-6-12(11)15/h1-2,5-6,9-10H,3-4,7-8H2. The van der Waals surface area contributed by atoms with Crippen LogP contribution < -0.4 is 0 Å². The van der Waals surface area contributed by atoms with Crippen molar-refractivity contribution in [3.63, 3.8) is 0 Å². The summed E-state index contributed by atoms with van der Waals surface area (Å²) in [5, 5.41) is 0. The zero-order valence-electron chi connectivity index (χ0n) is 9.10. The molecule has 0 N–H and O–H groups in total. The van der Waals surface area contributed by atoms with Crippen LogP contribution in [0, 0.1) is 5.92 Å². The van der Waals surface area contributed by atoms with Crippen molar-refractivity contribution in [3.8, 4) is 0 Å². The molecule has 0 spiro atoms. The van der Waals surface area contributed by atoms with Crippen LogP contribution in [0.2, 0.25) is 0 Å². The zero-order chi connectivity index (χ0) is 11.0. The fourth-order valence-electron chi connectivity index (χ4n) is 2.47. The van der Waals surface area contributed by atoms with Gasteiger partial charge in [0.15, 0.2) is 0 Å². The zero-order valence-corrected chi connectivity index (χ0v) is 9.10. The first-order valence-electron chi connectivity index (χ1n) is 5.77. The van der Waals surface area contributed by atoms with Gasteiger partial charge in [-0.25, -0.2) is 4.98 Å². The van der Waals surface area contributed by atoms with Crippen molar-refractivity contribution in [2.45, 2.75) is 25.8 Å². The second kappa shape index (κ2) is 3.74. The van der Waals surface area contributed by atoms with Crippen LogP contribution in [0.3, 0.4) is 0 Å². The average Bonchev–Trinajstić information content (AvgIpc) is 2.88. The summed E-state index contributed by atoms with van der Waals surface area (Å²) in [6.07, 6.45) is 4.69. The Morgan fingerprint density at radius 3 is 3.06 bits per heavy atom. The first-order chi connectivity index (χ1) is 7.84. The van der Waals surface area contributed by atoms with Crippen molar-refractivity contribution < 1.29 is 4.79 Å². The maximum Gasteiger partial charge on any atom is 0.137 e. The summed E-state index contributed by atoms with van der Waals surface area (Å²) in [4.78, 5) is 15.9. The van der Waals surface area contributed by atoms with Gasteiger partial charge in [0.1, 0.15) is 5.78 Å². The summed E-state index contributed by atoms with van der Waals surface area (Å²) < 4.78 is 2.10. The molecule has 1 aliphatic rings. The van der Waals surface area contributed by atoms with Gasteiger partial charge >= 0.3 is 0 Å². The number of hydrogen-bond acceptors (Lipinski definition) is 2. The predicted molar refractivity (Wildman–Crippen MR) is 62.1 cm³/mol. The first kappa shape index (κ1) is 9.58.